The topological polar surface area (TPSA) is 88.0 Å². The zero-order valence-electron chi connectivity index (χ0n) is 10.6. The summed E-state index contributed by atoms with van der Waals surface area (Å²) in [6.07, 6.45) is 4.28. The van der Waals surface area contributed by atoms with Gasteiger partial charge in [-0.1, -0.05) is 11.6 Å². The quantitative estimate of drug-likeness (QED) is 0.772. The molecule has 0 saturated heterocycles. The lowest BCUT2D eigenvalue weighted by Gasteiger charge is -2.09. The first-order chi connectivity index (χ1) is 10.1. The molecule has 0 aliphatic heterocycles. The average molecular weight is 301 g/mol. The van der Waals surface area contributed by atoms with Crippen molar-refractivity contribution in [1.29, 1.82) is 0 Å². The number of hydrogen-bond acceptors (Lipinski definition) is 5. The second kappa shape index (κ2) is 5.34. The zero-order chi connectivity index (χ0) is 14.8. The highest BCUT2D eigenvalue weighted by molar-refractivity contribution is 6.35. The van der Waals surface area contributed by atoms with Gasteiger partial charge in [-0.05, 0) is 24.3 Å². The minimum atomic E-state index is -1.13. The SMILES string of the molecule is O=C(O)c1cncc(Nc2ccc(Cl)c3cccnc23)n1. The van der Waals surface area contributed by atoms with Crippen LogP contribution in [0.5, 0.6) is 0 Å². The highest BCUT2D eigenvalue weighted by atomic mass is 35.5. The van der Waals surface area contributed by atoms with Gasteiger partial charge < -0.3 is 10.4 Å². The largest absolute Gasteiger partial charge is 0.476 e. The molecule has 0 saturated carbocycles. The van der Waals surface area contributed by atoms with E-state index in [9.17, 15) is 4.79 Å². The van der Waals surface area contributed by atoms with Gasteiger partial charge in [-0.2, -0.15) is 0 Å². The number of rotatable bonds is 3. The molecule has 0 spiro atoms. The molecule has 6 nitrogen and oxygen atoms in total. The summed E-state index contributed by atoms with van der Waals surface area (Å²) in [5.74, 6) is -0.811. The molecule has 3 aromatic rings. The van der Waals surface area contributed by atoms with Crippen LogP contribution >= 0.6 is 11.6 Å². The molecule has 104 valence electrons. The number of carbonyl (C=O) groups is 1. The van der Waals surface area contributed by atoms with Gasteiger partial charge in [0.15, 0.2) is 5.69 Å². The Morgan fingerprint density at radius 2 is 2.10 bits per heavy atom. The molecule has 2 N–H and O–H groups in total. The number of carboxylic acid groups (broad SMARTS) is 1. The van der Waals surface area contributed by atoms with Crippen LogP contribution in [0.25, 0.3) is 10.9 Å². The standard InChI is InChI=1S/C14H9ClN4O2/c15-9-3-4-10(13-8(9)2-1-5-17-13)18-12-7-16-6-11(19-12)14(20)21/h1-7H,(H,18,19)(H,20,21). The minimum absolute atomic E-state index is 0.133. The summed E-state index contributed by atoms with van der Waals surface area (Å²) in [5, 5.41) is 13.3. The van der Waals surface area contributed by atoms with Crippen LogP contribution in [0.15, 0.2) is 42.9 Å². The van der Waals surface area contributed by atoms with Crippen molar-refractivity contribution >= 4 is 40.0 Å². The van der Waals surface area contributed by atoms with E-state index in [1.54, 1.807) is 24.4 Å². The Morgan fingerprint density at radius 3 is 2.90 bits per heavy atom. The first kappa shape index (κ1) is 13.3. The van der Waals surface area contributed by atoms with Gasteiger partial charge in [0.2, 0.25) is 0 Å². The van der Waals surface area contributed by atoms with Gasteiger partial charge in [-0.25, -0.2) is 9.78 Å². The summed E-state index contributed by atoms with van der Waals surface area (Å²) in [6.45, 7) is 0. The van der Waals surface area contributed by atoms with E-state index >= 15 is 0 Å². The Kier molecular flexibility index (Phi) is 3.37. The number of hydrogen-bond donors (Lipinski definition) is 2. The van der Waals surface area contributed by atoms with Crippen LogP contribution in [0, 0.1) is 0 Å². The molecule has 7 heteroatoms. The van der Waals surface area contributed by atoms with Crippen molar-refractivity contribution < 1.29 is 9.90 Å². The van der Waals surface area contributed by atoms with E-state index in [1.807, 2.05) is 6.07 Å². The van der Waals surface area contributed by atoms with Gasteiger partial charge in [-0.15, -0.1) is 0 Å². The molecule has 21 heavy (non-hydrogen) atoms. The summed E-state index contributed by atoms with van der Waals surface area (Å²) in [4.78, 5) is 23.0. The van der Waals surface area contributed by atoms with Crippen molar-refractivity contribution in [2.45, 2.75) is 0 Å². The van der Waals surface area contributed by atoms with Crippen molar-refractivity contribution in [3.8, 4) is 0 Å². The van der Waals surface area contributed by atoms with E-state index in [0.29, 0.717) is 22.0 Å². The summed E-state index contributed by atoms with van der Waals surface area (Å²) in [6, 6.07) is 7.15. The van der Waals surface area contributed by atoms with E-state index in [2.05, 4.69) is 20.3 Å². The lowest BCUT2D eigenvalue weighted by Crippen LogP contribution is -2.04. The van der Waals surface area contributed by atoms with Crippen LogP contribution < -0.4 is 5.32 Å². The maximum absolute atomic E-state index is 10.9. The van der Waals surface area contributed by atoms with Crippen molar-refractivity contribution in [1.82, 2.24) is 15.0 Å². The number of nitrogens with zero attached hydrogens (tertiary/aromatic N) is 3. The minimum Gasteiger partial charge on any atom is -0.476 e. The van der Waals surface area contributed by atoms with Gasteiger partial charge in [0.1, 0.15) is 5.82 Å². The molecule has 0 fully saturated rings. The van der Waals surface area contributed by atoms with Crippen molar-refractivity contribution in [2.24, 2.45) is 0 Å². The number of aromatic carboxylic acids is 1. The first-order valence-electron chi connectivity index (χ1n) is 6.01. The fourth-order valence-corrected chi connectivity index (χ4v) is 2.12. The van der Waals surface area contributed by atoms with E-state index in [4.69, 9.17) is 16.7 Å². The molecule has 0 bridgehead atoms. The smallest absolute Gasteiger partial charge is 0.356 e. The normalized spacial score (nSPS) is 10.5. The molecule has 2 aromatic heterocycles. The van der Waals surface area contributed by atoms with Crippen LogP contribution in [-0.2, 0) is 0 Å². The maximum Gasteiger partial charge on any atom is 0.356 e. The summed E-state index contributed by atoms with van der Waals surface area (Å²) < 4.78 is 0. The number of carboxylic acids is 1. The van der Waals surface area contributed by atoms with E-state index in [0.717, 1.165) is 5.39 Å². The van der Waals surface area contributed by atoms with Gasteiger partial charge in [0.05, 0.1) is 28.6 Å². The van der Waals surface area contributed by atoms with Crippen molar-refractivity contribution in [2.75, 3.05) is 5.32 Å². The van der Waals surface area contributed by atoms with Crippen molar-refractivity contribution in [3.63, 3.8) is 0 Å². The molecule has 2 heterocycles. The molecule has 0 atom stereocenters. The fourth-order valence-electron chi connectivity index (χ4n) is 1.91. The predicted molar refractivity (Wildman–Crippen MR) is 79.0 cm³/mol. The van der Waals surface area contributed by atoms with Gasteiger partial charge in [-0.3, -0.25) is 9.97 Å². The number of benzene rings is 1. The van der Waals surface area contributed by atoms with Crippen LogP contribution in [0.4, 0.5) is 11.5 Å². The Morgan fingerprint density at radius 1 is 1.24 bits per heavy atom. The maximum atomic E-state index is 10.9. The highest BCUT2D eigenvalue weighted by Gasteiger charge is 2.09. The molecule has 1 aromatic carbocycles. The number of aromatic nitrogens is 3. The lowest BCUT2D eigenvalue weighted by molar-refractivity contribution is 0.0690. The van der Waals surface area contributed by atoms with Gasteiger partial charge in [0.25, 0.3) is 0 Å². The summed E-state index contributed by atoms with van der Waals surface area (Å²) in [7, 11) is 0. The summed E-state index contributed by atoms with van der Waals surface area (Å²) >= 11 is 6.13. The molecular formula is C14H9ClN4O2. The second-order valence-corrected chi connectivity index (χ2v) is 4.62. The van der Waals surface area contributed by atoms with Gasteiger partial charge in [0, 0.05) is 11.6 Å². The highest BCUT2D eigenvalue weighted by Crippen LogP contribution is 2.29. The average Bonchev–Trinajstić information content (AvgIpc) is 2.51. The third-order valence-corrected chi connectivity index (χ3v) is 3.16. The van der Waals surface area contributed by atoms with Crippen LogP contribution in [-0.4, -0.2) is 26.0 Å². The molecule has 0 aliphatic rings. The van der Waals surface area contributed by atoms with Gasteiger partial charge >= 0.3 is 5.97 Å². The van der Waals surface area contributed by atoms with Crippen LogP contribution in [0.3, 0.4) is 0 Å². The Bertz CT molecular complexity index is 838. The molecular weight excluding hydrogens is 292 g/mol. The number of anilines is 2. The third-order valence-electron chi connectivity index (χ3n) is 2.83. The summed E-state index contributed by atoms with van der Waals surface area (Å²) in [5.41, 5.74) is 1.21. The Hall–Kier alpha value is -2.73. The Balaban J connectivity index is 2.04. The monoisotopic (exact) mass is 300 g/mol. The zero-order valence-corrected chi connectivity index (χ0v) is 11.4. The van der Waals surface area contributed by atoms with Crippen molar-refractivity contribution in [3.05, 3.63) is 53.6 Å². The Labute approximate surface area is 124 Å². The lowest BCUT2D eigenvalue weighted by atomic mass is 10.2. The second-order valence-electron chi connectivity index (χ2n) is 4.21. The fraction of sp³-hybridized carbons (Fsp3) is 0. The third kappa shape index (κ3) is 2.61. The number of halogens is 1. The number of pyridine rings is 1. The molecule has 0 amide bonds. The molecule has 0 aliphatic carbocycles. The first-order valence-corrected chi connectivity index (χ1v) is 6.38. The van der Waals surface area contributed by atoms with Crippen LogP contribution in [0.2, 0.25) is 5.02 Å². The molecule has 0 unspecified atom stereocenters. The number of nitrogens with one attached hydrogen (secondary N) is 1. The number of fused-ring (bicyclic) bond motifs is 1. The van der Waals surface area contributed by atoms with E-state index < -0.39 is 5.97 Å². The molecule has 3 rings (SSSR count). The van der Waals surface area contributed by atoms with E-state index in [-0.39, 0.29) is 5.69 Å². The predicted octanol–water partition coefficient (Wildman–Crippen LogP) is 3.12. The molecule has 0 radical (unpaired) electrons. The van der Waals surface area contributed by atoms with E-state index in [1.165, 1.54) is 12.4 Å². The van der Waals surface area contributed by atoms with Crippen LogP contribution in [0.1, 0.15) is 10.5 Å².